The second-order valence-electron chi connectivity index (χ2n) is 2.41. The molecule has 1 rings (SSSR count). The Labute approximate surface area is 64.2 Å². The van der Waals surface area contributed by atoms with Gasteiger partial charge in [0.25, 0.3) is 0 Å². The van der Waals surface area contributed by atoms with Gasteiger partial charge in [0.1, 0.15) is 5.25 Å². The van der Waals surface area contributed by atoms with Gasteiger partial charge in [-0.15, -0.1) is 11.8 Å². The summed E-state index contributed by atoms with van der Waals surface area (Å²) in [5.41, 5.74) is 0. The summed E-state index contributed by atoms with van der Waals surface area (Å²) in [5.74, 6) is 0.864. The smallest absolute Gasteiger partial charge is 0.235 e. The zero-order valence-electron chi connectivity index (χ0n) is 5.83. The van der Waals surface area contributed by atoms with Crippen LogP contribution >= 0.6 is 11.8 Å². The molecule has 0 unspecified atom stereocenters. The molecule has 0 saturated carbocycles. The van der Waals surface area contributed by atoms with Crippen molar-refractivity contribution in [3.8, 4) is 0 Å². The molecule has 3 nitrogen and oxygen atoms in total. The van der Waals surface area contributed by atoms with Crippen LogP contribution in [-0.2, 0) is 4.79 Å². The van der Waals surface area contributed by atoms with Gasteiger partial charge in [0, 0.05) is 11.8 Å². The molecule has 58 valence electrons. The van der Waals surface area contributed by atoms with Crippen molar-refractivity contribution >= 4 is 17.7 Å². The summed E-state index contributed by atoms with van der Waals surface area (Å²) in [4.78, 5) is 10.9. The number of hydrogen-bond donors (Lipinski definition) is 2. The van der Waals surface area contributed by atoms with E-state index >= 15 is 0 Å². The van der Waals surface area contributed by atoms with Gasteiger partial charge in [-0.1, -0.05) is 0 Å². The van der Waals surface area contributed by atoms with Crippen LogP contribution < -0.4 is 5.32 Å². The molecule has 0 aromatic carbocycles. The summed E-state index contributed by atoms with van der Waals surface area (Å²) in [7, 11) is 0. The zero-order chi connectivity index (χ0) is 7.56. The summed E-state index contributed by atoms with van der Waals surface area (Å²) < 4.78 is 0. The highest BCUT2D eigenvalue weighted by molar-refractivity contribution is 8.00. The molecule has 4 heteroatoms. The van der Waals surface area contributed by atoms with E-state index in [0.29, 0.717) is 0 Å². The lowest BCUT2D eigenvalue weighted by atomic mass is 10.3. The monoisotopic (exact) mass is 161 g/mol. The number of carbonyl (C=O) groups excluding carboxylic acids is 1. The Morgan fingerprint density at radius 2 is 2.60 bits per heavy atom. The van der Waals surface area contributed by atoms with E-state index in [2.05, 4.69) is 5.32 Å². The minimum absolute atomic E-state index is 0.0359. The lowest BCUT2D eigenvalue weighted by Crippen LogP contribution is -2.46. The van der Waals surface area contributed by atoms with E-state index in [-0.39, 0.29) is 23.8 Å². The first-order valence-corrected chi connectivity index (χ1v) is 4.31. The van der Waals surface area contributed by atoms with Crippen molar-refractivity contribution < 1.29 is 9.90 Å². The number of aliphatic hydroxyl groups excluding tert-OH is 1. The summed E-state index contributed by atoms with van der Waals surface area (Å²) in [6.45, 7) is 1.90. The van der Waals surface area contributed by atoms with Crippen molar-refractivity contribution in [1.29, 1.82) is 0 Å². The topological polar surface area (TPSA) is 49.3 Å². The van der Waals surface area contributed by atoms with E-state index in [1.165, 1.54) is 11.8 Å². The highest BCUT2D eigenvalue weighted by Gasteiger charge is 2.24. The Morgan fingerprint density at radius 1 is 1.90 bits per heavy atom. The number of thioether (sulfide) groups is 1. The predicted molar refractivity (Wildman–Crippen MR) is 40.9 cm³/mol. The van der Waals surface area contributed by atoms with E-state index in [9.17, 15) is 4.79 Å². The van der Waals surface area contributed by atoms with Gasteiger partial charge in [0.05, 0.1) is 6.61 Å². The van der Waals surface area contributed by atoms with Gasteiger partial charge in [-0.3, -0.25) is 4.79 Å². The molecule has 1 heterocycles. The van der Waals surface area contributed by atoms with Gasteiger partial charge in [0.2, 0.25) is 5.91 Å². The van der Waals surface area contributed by atoms with E-state index in [1.807, 2.05) is 6.92 Å². The number of hydrogen-bond acceptors (Lipinski definition) is 3. The molecule has 1 fully saturated rings. The van der Waals surface area contributed by atoms with Crippen molar-refractivity contribution in [1.82, 2.24) is 5.32 Å². The van der Waals surface area contributed by atoms with Crippen LogP contribution in [0.4, 0.5) is 0 Å². The first-order chi connectivity index (χ1) is 4.74. The van der Waals surface area contributed by atoms with E-state index in [0.717, 1.165) is 5.75 Å². The predicted octanol–water partition coefficient (Wildman–Crippen LogP) is -0.401. The SMILES string of the molecule is C[C@@H]1CS[C@@H](CO)C(=O)N1. The molecule has 10 heavy (non-hydrogen) atoms. The van der Waals surface area contributed by atoms with Crippen LogP contribution in [0.3, 0.4) is 0 Å². The number of rotatable bonds is 1. The van der Waals surface area contributed by atoms with Gasteiger partial charge >= 0.3 is 0 Å². The van der Waals surface area contributed by atoms with Gasteiger partial charge in [-0.05, 0) is 6.92 Å². The van der Waals surface area contributed by atoms with Crippen molar-refractivity contribution in [3.05, 3.63) is 0 Å². The molecular formula is C6H11NO2S. The lowest BCUT2D eigenvalue weighted by molar-refractivity contribution is -0.121. The van der Waals surface area contributed by atoms with Crippen molar-refractivity contribution in [2.45, 2.75) is 18.2 Å². The normalized spacial score (nSPS) is 33.6. The molecule has 1 amide bonds. The van der Waals surface area contributed by atoms with Gasteiger partial charge in [-0.25, -0.2) is 0 Å². The Morgan fingerprint density at radius 3 is 3.10 bits per heavy atom. The molecule has 2 atom stereocenters. The average Bonchev–Trinajstić information content (AvgIpc) is 1.88. The molecule has 0 spiro atoms. The van der Waals surface area contributed by atoms with Gasteiger partial charge < -0.3 is 10.4 Å². The fraction of sp³-hybridized carbons (Fsp3) is 0.833. The summed E-state index contributed by atoms with van der Waals surface area (Å²) in [5, 5.41) is 11.2. The summed E-state index contributed by atoms with van der Waals surface area (Å²) in [6, 6.07) is 0.250. The van der Waals surface area contributed by atoms with Gasteiger partial charge in [0.15, 0.2) is 0 Å². The van der Waals surface area contributed by atoms with Crippen molar-refractivity contribution in [3.63, 3.8) is 0 Å². The Hall–Kier alpha value is -0.220. The molecule has 1 saturated heterocycles. The minimum Gasteiger partial charge on any atom is -0.395 e. The minimum atomic E-state index is -0.240. The molecule has 2 N–H and O–H groups in total. The van der Waals surface area contributed by atoms with Crippen LogP contribution in [0.2, 0.25) is 0 Å². The molecule has 0 bridgehead atoms. The third-order valence-corrected chi connectivity index (χ3v) is 2.85. The average molecular weight is 161 g/mol. The highest BCUT2D eigenvalue weighted by Crippen LogP contribution is 2.16. The lowest BCUT2D eigenvalue weighted by Gasteiger charge is -2.24. The largest absolute Gasteiger partial charge is 0.395 e. The standard InChI is InChI=1S/C6H11NO2S/c1-4-3-10-5(2-8)6(9)7-4/h4-5,8H,2-3H2,1H3,(H,7,9)/t4-,5+/m1/s1. The molecule has 0 radical (unpaired) electrons. The summed E-state index contributed by atoms with van der Waals surface area (Å²) in [6.07, 6.45) is 0. The van der Waals surface area contributed by atoms with Gasteiger partial charge in [-0.2, -0.15) is 0 Å². The number of nitrogens with one attached hydrogen (secondary N) is 1. The maximum Gasteiger partial charge on any atom is 0.235 e. The van der Waals surface area contributed by atoms with Crippen molar-refractivity contribution in [2.24, 2.45) is 0 Å². The third kappa shape index (κ3) is 1.64. The first kappa shape index (κ1) is 7.88. The van der Waals surface area contributed by atoms with Crippen LogP contribution in [0.25, 0.3) is 0 Å². The van der Waals surface area contributed by atoms with Crippen LogP contribution in [-0.4, -0.2) is 34.7 Å². The fourth-order valence-corrected chi connectivity index (χ4v) is 1.78. The zero-order valence-corrected chi connectivity index (χ0v) is 6.65. The molecule has 1 aliphatic rings. The molecule has 0 aliphatic carbocycles. The van der Waals surface area contributed by atoms with Crippen LogP contribution in [0, 0.1) is 0 Å². The Bertz CT molecular complexity index is 140. The molecule has 0 aromatic rings. The number of amides is 1. The Kier molecular flexibility index (Phi) is 2.56. The van der Waals surface area contributed by atoms with E-state index in [4.69, 9.17) is 5.11 Å². The Balaban J connectivity index is 2.43. The maximum atomic E-state index is 10.9. The summed E-state index contributed by atoms with van der Waals surface area (Å²) >= 11 is 1.52. The quantitative estimate of drug-likeness (QED) is 0.550. The highest BCUT2D eigenvalue weighted by atomic mass is 32.2. The third-order valence-electron chi connectivity index (χ3n) is 1.39. The molecular weight excluding hydrogens is 150 g/mol. The van der Waals surface area contributed by atoms with Crippen LogP contribution in [0.15, 0.2) is 0 Å². The number of carbonyl (C=O) groups is 1. The van der Waals surface area contributed by atoms with E-state index < -0.39 is 0 Å². The fourth-order valence-electron chi connectivity index (χ4n) is 0.849. The van der Waals surface area contributed by atoms with Crippen LogP contribution in [0.1, 0.15) is 6.92 Å². The first-order valence-electron chi connectivity index (χ1n) is 3.27. The van der Waals surface area contributed by atoms with E-state index in [1.54, 1.807) is 0 Å². The number of aliphatic hydroxyl groups is 1. The molecule has 1 aliphatic heterocycles. The second kappa shape index (κ2) is 3.25. The van der Waals surface area contributed by atoms with Crippen molar-refractivity contribution in [2.75, 3.05) is 12.4 Å². The second-order valence-corrected chi connectivity index (χ2v) is 3.65. The van der Waals surface area contributed by atoms with Crippen LogP contribution in [0.5, 0.6) is 0 Å². The maximum absolute atomic E-state index is 10.9. The molecule has 0 aromatic heterocycles.